The number of amides is 2. The molecule has 7 nitrogen and oxygen atoms in total. The molecule has 0 bridgehead atoms. The minimum Gasteiger partial charge on any atom is -0.378 e. The molecule has 1 atom stereocenters. The molecule has 2 amide bonds. The van der Waals surface area contributed by atoms with Crippen molar-refractivity contribution in [1.29, 1.82) is 0 Å². The maximum Gasteiger partial charge on any atom is 0.315 e. The summed E-state index contributed by atoms with van der Waals surface area (Å²) in [5.41, 5.74) is 1.02. The fourth-order valence-corrected chi connectivity index (χ4v) is 3.08. The monoisotopic (exact) mass is 349 g/mol. The van der Waals surface area contributed by atoms with Gasteiger partial charge in [0, 0.05) is 44.0 Å². The molecule has 1 aliphatic rings. The molecule has 1 saturated heterocycles. The van der Waals surface area contributed by atoms with Crippen LogP contribution in [0, 0.1) is 0 Å². The van der Waals surface area contributed by atoms with E-state index in [4.69, 9.17) is 4.74 Å². The van der Waals surface area contributed by atoms with E-state index in [0.717, 1.165) is 37.6 Å². The number of rotatable bonds is 8. The van der Waals surface area contributed by atoms with E-state index in [1.54, 1.807) is 6.20 Å². The van der Waals surface area contributed by atoms with Crippen LogP contribution < -0.4 is 15.5 Å². The molecule has 7 heteroatoms. The minimum atomic E-state index is -0.143. The molecule has 0 spiro atoms. The number of hydrogen-bond acceptors (Lipinski definition) is 5. The molecule has 2 N–H and O–H groups in total. The summed E-state index contributed by atoms with van der Waals surface area (Å²) in [6.07, 6.45) is 1.79. The molecule has 0 aromatic carbocycles. The SMILES string of the molecule is CCN(CC)[C@H](C)CNC(=O)NCc1cccnc1N1CCOCC1. The summed E-state index contributed by atoms with van der Waals surface area (Å²) in [6, 6.07) is 4.09. The predicted molar refractivity (Wildman–Crippen MR) is 99.9 cm³/mol. The Kier molecular flexibility index (Phi) is 7.94. The summed E-state index contributed by atoms with van der Waals surface area (Å²) in [6.45, 7) is 12.6. The van der Waals surface area contributed by atoms with Crippen molar-refractivity contribution in [2.24, 2.45) is 0 Å². The molecule has 1 aliphatic heterocycles. The van der Waals surface area contributed by atoms with Crippen molar-refractivity contribution in [3.63, 3.8) is 0 Å². The highest BCUT2D eigenvalue weighted by molar-refractivity contribution is 5.74. The fourth-order valence-electron chi connectivity index (χ4n) is 3.08. The second-order valence-corrected chi connectivity index (χ2v) is 6.22. The summed E-state index contributed by atoms with van der Waals surface area (Å²) >= 11 is 0. The Hall–Kier alpha value is -1.86. The molecule has 2 heterocycles. The van der Waals surface area contributed by atoms with Gasteiger partial charge < -0.3 is 20.3 Å². The first-order valence-electron chi connectivity index (χ1n) is 9.18. The van der Waals surface area contributed by atoms with Gasteiger partial charge in [0.05, 0.1) is 13.2 Å². The van der Waals surface area contributed by atoms with Crippen LogP contribution in [0.25, 0.3) is 0 Å². The van der Waals surface area contributed by atoms with Crippen LogP contribution in [0.15, 0.2) is 18.3 Å². The highest BCUT2D eigenvalue weighted by Crippen LogP contribution is 2.18. The normalized spacial score (nSPS) is 15.9. The van der Waals surface area contributed by atoms with Gasteiger partial charge in [0.15, 0.2) is 0 Å². The van der Waals surface area contributed by atoms with E-state index in [9.17, 15) is 4.79 Å². The first-order valence-corrected chi connectivity index (χ1v) is 9.18. The number of morpholine rings is 1. The van der Waals surface area contributed by atoms with E-state index < -0.39 is 0 Å². The molecular formula is C18H31N5O2. The summed E-state index contributed by atoms with van der Waals surface area (Å²) < 4.78 is 5.40. The van der Waals surface area contributed by atoms with Gasteiger partial charge in [-0.05, 0) is 26.1 Å². The number of carbonyl (C=O) groups is 1. The smallest absolute Gasteiger partial charge is 0.315 e. The van der Waals surface area contributed by atoms with Crippen molar-refractivity contribution >= 4 is 11.8 Å². The molecule has 1 fully saturated rings. The maximum atomic E-state index is 12.1. The average molecular weight is 349 g/mol. The van der Waals surface area contributed by atoms with Crippen LogP contribution in [0.2, 0.25) is 0 Å². The number of anilines is 1. The number of ether oxygens (including phenoxy) is 1. The number of urea groups is 1. The van der Waals surface area contributed by atoms with Crippen LogP contribution in [0.3, 0.4) is 0 Å². The lowest BCUT2D eigenvalue weighted by Crippen LogP contribution is -2.45. The van der Waals surface area contributed by atoms with Gasteiger partial charge in [0.1, 0.15) is 5.82 Å². The van der Waals surface area contributed by atoms with Crippen LogP contribution in [-0.2, 0) is 11.3 Å². The Morgan fingerprint density at radius 1 is 1.32 bits per heavy atom. The molecular weight excluding hydrogens is 318 g/mol. The molecule has 0 radical (unpaired) electrons. The van der Waals surface area contributed by atoms with Crippen LogP contribution in [0.5, 0.6) is 0 Å². The topological polar surface area (TPSA) is 69.7 Å². The van der Waals surface area contributed by atoms with Gasteiger partial charge in [0.2, 0.25) is 0 Å². The van der Waals surface area contributed by atoms with Crippen LogP contribution >= 0.6 is 0 Å². The summed E-state index contributed by atoms with van der Waals surface area (Å²) in [5.74, 6) is 0.933. The zero-order valence-corrected chi connectivity index (χ0v) is 15.6. The van der Waals surface area contributed by atoms with Crippen LogP contribution in [0.4, 0.5) is 10.6 Å². The van der Waals surface area contributed by atoms with Crippen molar-refractivity contribution in [2.75, 3.05) is 50.8 Å². The van der Waals surface area contributed by atoms with E-state index in [-0.39, 0.29) is 6.03 Å². The van der Waals surface area contributed by atoms with Gasteiger partial charge in [-0.15, -0.1) is 0 Å². The number of carbonyl (C=O) groups excluding carboxylic acids is 1. The predicted octanol–water partition coefficient (Wildman–Crippen LogP) is 1.45. The number of likely N-dealkylation sites (N-methyl/N-ethyl adjacent to an activating group) is 1. The summed E-state index contributed by atoms with van der Waals surface area (Å²) in [4.78, 5) is 21.1. The van der Waals surface area contributed by atoms with Gasteiger partial charge in [-0.3, -0.25) is 4.90 Å². The lowest BCUT2D eigenvalue weighted by Gasteiger charge is -2.29. The van der Waals surface area contributed by atoms with Gasteiger partial charge in [-0.25, -0.2) is 9.78 Å². The highest BCUT2D eigenvalue weighted by Gasteiger charge is 2.16. The minimum absolute atomic E-state index is 0.143. The van der Waals surface area contributed by atoms with E-state index >= 15 is 0 Å². The first-order chi connectivity index (χ1) is 12.2. The van der Waals surface area contributed by atoms with E-state index in [1.165, 1.54) is 0 Å². The fraction of sp³-hybridized carbons (Fsp3) is 0.667. The molecule has 0 aliphatic carbocycles. The maximum absolute atomic E-state index is 12.1. The van der Waals surface area contributed by atoms with Crippen molar-refractivity contribution in [2.45, 2.75) is 33.4 Å². The van der Waals surface area contributed by atoms with Gasteiger partial charge in [-0.2, -0.15) is 0 Å². The Labute approximate surface area is 150 Å². The zero-order valence-electron chi connectivity index (χ0n) is 15.6. The Bertz CT molecular complexity index is 530. The van der Waals surface area contributed by atoms with Crippen molar-refractivity contribution in [3.05, 3.63) is 23.9 Å². The van der Waals surface area contributed by atoms with Crippen LogP contribution in [0.1, 0.15) is 26.3 Å². The first kappa shape index (κ1) is 19.5. The molecule has 1 aromatic heterocycles. The van der Waals surface area contributed by atoms with E-state index in [2.05, 4.69) is 46.2 Å². The Morgan fingerprint density at radius 3 is 2.72 bits per heavy atom. The average Bonchev–Trinajstić information content (AvgIpc) is 2.66. The van der Waals surface area contributed by atoms with E-state index in [1.807, 2.05) is 12.1 Å². The summed E-state index contributed by atoms with van der Waals surface area (Å²) in [5, 5.41) is 5.90. The van der Waals surface area contributed by atoms with Gasteiger partial charge in [-0.1, -0.05) is 19.9 Å². The Balaban J connectivity index is 1.83. The number of nitrogens with zero attached hydrogens (tertiary/aromatic N) is 3. The second-order valence-electron chi connectivity index (χ2n) is 6.22. The van der Waals surface area contributed by atoms with Gasteiger partial charge >= 0.3 is 6.03 Å². The van der Waals surface area contributed by atoms with Gasteiger partial charge in [0.25, 0.3) is 0 Å². The molecule has 140 valence electrons. The molecule has 2 rings (SSSR count). The van der Waals surface area contributed by atoms with Crippen molar-refractivity contribution in [3.8, 4) is 0 Å². The van der Waals surface area contributed by atoms with Crippen molar-refractivity contribution < 1.29 is 9.53 Å². The molecule has 0 saturated carbocycles. The second kappa shape index (κ2) is 10.2. The number of hydrogen-bond donors (Lipinski definition) is 2. The zero-order chi connectivity index (χ0) is 18.1. The molecule has 0 unspecified atom stereocenters. The Morgan fingerprint density at radius 2 is 2.04 bits per heavy atom. The lowest BCUT2D eigenvalue weighted by atomic mass is 10.2. The van der Waals surface area contributed by atoms with Crippen LogP contribution in [-0.4, -0.2) is 67.9 Å². The van der Waals surface area contributed by atoms with Crippen molar-refractivity contribution in [1.82, 2.24) is 20.5 Å². The number of nitrogens with one attached hydrogen (secondary N) is 2. The number of aromatic nitrogens is 1. The molecule has 1 aromatic rings. The third-order valence-electron chi connectivity index (χ3n) is 4.61. The lowest BCUT2D eigenvalue weighted by molar-refractivity contribution is 0.122. The quantitative estimate of drug-likeness (QED) is 0.743. The van der Waals surface area contributed by atoms with E-state index in [0.29, 0.717) is 32.3 Å². The summed E-state index contributed by atoms with van der Waals surface area (Å²) in [7, 11) is 0. The third-order valence-corrected chi connectivity index (χ3v) is 4.61. The molecule has 25 heavy (non-hydrogen) atoms. The number of pyridine rings is 1. The standard InChI is InChI=1S/C18H31N5O2/c1-4-22(5-2)15(3)13-20-18(24)21-14-16-7-6-8-19-17(16)23-9-11-25-12-10-23/h6-8,15H,4-5,9-14H2,1-3H3,(H2,20,21,24)/t15-/m1/s1. The highest BCUT2D eigenvalue weighted by atomic mass is 16.5. The largest absolute Gasteiger partial charge is 0.378 e. The third kappa shape index (κ3) is 5.86.